The Morgan fingerprint density at radius 2 is 1.20 bits per heavy atom. The molecule has 4 heteroatoms. The first-order valence-corrected chi connectivity index (χ1v) is 12.3. The molecule has 150 valence electrons. The monoisotopic (exact) mass is 413 g/mol. The number of ether oxygens (including phenoxy) is 1. The zero-order valence-electron chi connectivity index (χ0n) is 16.6. The van der Waals surface area contributed by atoms with Crippen LogP contribution in [0.2, 0.25) is 0 Å². The molecule has 0 aliphatic heterocycles. The van der Waals surface area contributed by atoms with Gasteiger partial charge in [-0.25, -0.2) is 0 Å². The third kappa shape index (κ3) is 4.17. The van der Waals surface area contributed by atoms with Crippen LogP contribution in [0.1, 0.15) is 10.4 Å². The van der Waals surface area contributed by atoms with Crippen LogP contribution in [0.5, 0.6) is 0 Å². The number of hydrogen-bond acceptors (Lipinski definition) is 3. The second-order valence-electron chi connectivity index (χ2n) is 7.13. The van der Waals surface area contributed by atoms with Crippen LogP contribution < -0.4 is 15.9 Å². The van der Waals surface area contributed by atoms with Gasteiger partial charge in [0, 0.05) is 0 Å². The zero-order chi connectivity index (χ0) is 20.7. The van der Waals surface area contributed by atoms with Gasteiger partial charge in [-0.15, -0.1) is 0 Å². The van der Waals surface area contributed by atoms with Crippen molar-refractivity contribution < 1.29 is 9.53 Å². The van der Waals surface area contributed by atoms with E-state index in [0.717, 1.165) is 6.16 Å². The Morgan fingerprint density at radius 3 is 1.63 bits per heavy atom. The molecule has 0 radical (unpaired) electrons. The first-order valence-electron chi connectivity index (χ1n) is 10.0. The van der Waals surface area contributed by atoms with Crippen molar-refractivity contribution in [2.45, 2.75) is 0 Å². The van der Waals surface area contributed by atoms with Crippen LogP contribution in [0.25, 0.3) is 0 Å². The Balaban J connectivity index is 1.72. The van der Waals surface area contributed by atoms with Gasteiger partial charge in [0.25, 0.3) is 0 Å². The van der Waals surface area contributed by atoms with E-state index in [1.54, 1.807) is 24.5 Å². The van der Waals surface area contributed by atoms with Gasteiger partial charge >= 0.3 is 178 Å². The van der Waals surface area contributed by atoms with Gasteiger partial charge in [0.1, 0.15) is 0 Å². The number of pyridine rings is 1. The normalized spacial score (nSPS) is 11.6. The van der Waals surface area contributed by atoms with Crippen molar-refractivity contribution in [1.82, 2.24) is 4.98 Å². The van der Waals surface area contributed by atoms with Gasteiger partial charge in [0.15, 0.2) is 0 Å². The Bertz CT molecular complexity index is 974. The number of nitrogens with zero attached hydrogens (tertiary/aromatic N) is 1. The van der Waals surface area contributed by atoms with E-state index in [2.05, 4.69) is 77.8 Å². The second kappa shape index (κ2) is 9.47. The van der Waals surface area contributed by atoms with E-state index in [1.165, 1.54) is 15.9 Å². The van der Waals surface area contributed by atoms with E-state index >= 15 is 0 Å². The molecule has 0 saturated heterocycles. The molecular formula is C26H24NO2P. The van der Waals surface area contributed by atoms with Crippen molar-refractivity contribution >= 4 is 29.1 Å². The molecule has 0 saturated carbocycles. The van der Waals surface area contributed by atoms with Crippen molar-refractivity contribution in [3.63, 3.8) is 0 Å². The zero-order valence-corrected chi connectivity index (χ0v) is 17.6. The molecule has 0 amide bonds. The maximum absolute atomic E-state index is 12.5. The van der Waals surface area contributed by atoms with E-state index in [9.17, 15) is 4.79 Å². The SMILES string of the molecule is O=C(OCC[PH](c1ccccc1)(c1ccccc1)c1ccccc1)c1cccnc1. The summed E-state index contributed by atoms with van der Waals surface area (Å²) >= 11 is 0. The number of carbonyl (C=O) groups is 1. The van der Waals surface area contributed by atoms with Gasteiger partial charge in [0.2, 0.25) is 0 Å². The molecule has 0 N–H and O–H groups in total. The quantitative estimate of drug-likeness (QED) is 0.340. The average molecular weight is 413 g/mol. The fraction of sp³-hybridized carbons (Fsp3) is 0.0769. The summed E-state index contributed by atoms with van der Waals surface area (Å²) in [5, 5.41) is 3.92. The van der Waals surface area contributed by atoms with Gasteiger partial charge in [0.05, 0.1) is 0 Å². The molecule has 0 bridgehead atoms. The Kier molecular flexibility index (Phi) is 6.32. The number of carbonyl (C=O) groups excluding carboxylic acids is 1. The van der Waals surface area contributed by atoms with Crippen molar-refractivity contribution in [2.24, 2.45) is 0 Å². The average Bonchev–Trinajstić information content (AvgIpc) is 2.84. The molecule has 0 unspecified atom stereocenters. The topological polar surface area (TPSA) is 39.2 Å². The van der Waals surface area contributed by atoms with Crippen LogP contribution in [0.3, 0.4) is 0 Å². The first-order chi connectivity index (χ1) is 14.8. The van der Waals surface area contributed by atoms with Crippen LogP contribution in [-0.2, 0) is 4.74 Å². The summed E-state index contributed by atoms with van der Waals surface area (Å²) < 4.78 is 5.70. The summed E-state index contributed by atoms with van der Waals surface area (Å²) in [7, 11) is -2.38. The number of benzene rings is 3. The van der Waals surface area contributed by atoms with Crippen molar-refractivity contribution in [3.05, 3.63) is 121 Å². The molecule has 0 fully saturated rings. The van der Waals surface area contributed by atoms with E-state index < -0.39 is 7.26 Å². The van der Waals surface area contributed by atoms with Crippen LogP contribution in [0.4, 0.5) is 0 Å². The predicted octanol–water partition coefficient (Wildman–Crippen LogP) is 3.96. The molecule has 3 aromatic carbocycles. The summed E-state index contributed by atoms with van der Waals surface area (Å²) in [6.45, 7) is 0.346. The summed E-state index contributed by atoms with van der Waals surface area (Å²) in [4.78, 5) is 16.5. The van der Waals surface area contributed by atoms with Crippen LogP contribution in [0.15, 0.2) is 116 Å². The molecule has 4 rings (SSSR count). The van der Waals surface area contributed by atoms with Gasteiger partial charge in [-0.1, -0.05) is 0 Å². The third-order valence-electron chi connectivity index (χ3n) is 5.41. The minimum absolute atomic E-state index is 0.333. The molecule has 30 heavy (non-hydrogen) atoms. The summed E-state index contributed by atoms with van der Waals surface area (Å²) in [5.41, 5.74) is 0.476. The molecule has 4 aromatic rings. The fourth-order valence-corrected chi connectivity index (χ4v) is 8.52. The number of aromatic nitrogens is 1. The summed E-state index contributed by atoms with van der Waals surface area (Å²) in [6.07, 6.45) is 3.95. The van der Waals surface area contributed by atoms with Gasteiger partial charge in [-0.2, -0.15) is 0 Å². The van der Waals surface area contributed by atoms with Gasteiger partial charge in [-0.3, -0.25) is 0 Å². The maximum atomic E-state index is 12.5. The Hall–Kier alpha value is -3.29. The van der Waals surface area contributed by atoms with Crippen molar-refractivity contribution in [1.29, 1.82) is 0 Å². The van der Waals surface area contributed by atoms with E-state index in [1.807, 2.05) is 18.2 Å². The Morgan fingerprint density at radius 1 is 0.700 bits per heavy atom. The fourth-order valence-electron chi connectivity index (χ4n) is 3.96. The molecular weight excluding hydrogens is 389 g/mol. The van der Waals surface area contributed by atoms with Crippen molar-refractivity contribution in [3.8, 4) is 0 Å². The van der Waals surface area contributed by atoms with E-state index in [4.69, 9.17) is 4.74 Å². The molecule has 0 atom stereocenters. The van der Waals surface area contributed by atoms with Crippen LogP contribution >= 0.6 is 7.26 Å². The molecule has 1 aromatic heterocycles. The standard InChI is InChI=1S/C26H24NO2P/c28-26(22-11-10-18-27-21-22)29-19-20-30(23-12-4-1-5-13-23,24-14-6-2-7-15-24)25-16-8-3-9-17-25/h1-18,21,30H,19-20H2. The first kappa shape index (κ1) is 20.0. The second-order valence-corrected chi connectivity index (χ2v) is 11.2. The molecule has 3 nitrogen and oxygen atoms in total. The number of hydrogen-bond donors (Lipinski definition) is 0. The van der Waals surface area contributed by atoms with Crippen molar-refractivity contribution in [2.75, 3.05) is 12.8 Å². The Labute approximate surface area is 177 Å². The van der Waals surface area contributed by atoms with Gasteiger partial charge in [-0.05, 0) is 0 Å². The summed E-state index contributed by atoms with van der Waals surface area (Å²) in [6, 6.07) is 35.3. The van der Waals surface area contributed by atoms with Gasteiger partial charge < -0.3 is 0 Å². The molecule has 0 aliphatic rings. The minimum atomic E-state index is -2.38. The third-order valence-corrected chi connectivity index (χ3v) is 10.3. The van der Waals surface area contributed by atoms with E-state index in [0.29, 0.717) is 12.2 Å². The summed E-state index contributed by atoms with van der Waals surface area (Å²) in [5.74, 6) is -0.333. The number of esters is 1. The van der Waals surface area contributed by atoms with Crippen LogP contribution in [-0.4, -0.2) is 23.7 Å². The molecule has 0 aliphatic carbocycles. The predicted molar refractivity (Wildman–Crippen MR) is 126 cm³/mol. The number of rotatable bonds is 7. The van der Waals surface area contributed by atoms with Crippen LogP contribution in [0, 0.1) is 0 Å². The molecule has 0 spiro atoms. The van der Waals surface area contributed by atoms with E-state index in [-0.39, 0.29) is 5.97 Å². The molecule has 1 heterocycles.